The van der Waals surface area contributed by atoms with Gasteiger partial charge in [0.2, 0.25) is 0 Å². The summed E-state index contributed by atoms with van der Waals surface area (Å²) in [4.78, 5) is 16.0. The Bertz CT molecular complexity index is 686. The van der Waals surface area contributed by atoms with E-state index in [1.165, 1.54) is 12.1 Å². The van der Waals surface area contributed by atoms with Gasteiger partial charge in [0, 0.05) is 0 Å². The minimum atomic E-state index is -0.610. The maximum Gasteiger partial charge on any atom is 0.311 e. The topological polar surface area (TPSA) is 38.7 Å². The van der Waals surface area contributed by atoms with E-state index in [0.29, 0.717) is 5.71 Å². The van der Waals surface area contributed by atoms with Gasteiger partial charge in [-0.15, -0.1) is 0 Å². The average Bonchev–Trinajstić information content (AvgIpc) is 2.52. The van der Waals surface area contributed by atoms with E-state index >= 15 is 0 Å². The third-order valence-electron chi connectivity index (χ3n) is 2.91. The first-order valence-electron chi connectivity index (χ1n) is 6.84. The van der Waals surface area contributed by atoms with E-state index < -0.39 is 11.8 Å². The highest BCUT2D eigenvalue weighted by Crippen LogP contribution is 2.25. The van der Waals surface area contributed by atoms with E-state index in [4.69, 9.17) is 16.3 Å². The number of carbonyl (C=O) groups is 1. The predicted octanol–water partition coefficient (Wildman–Crippen LogP) is 4.55. The van der Waals surface area contributed by atoms with Crippen LogP contribution in [0.25, 0.3) is 0 Å². The van der Waals surface area contributed by atoms with Gasteiger partial charge in [0.15, 0.2) is 5.82 Å². The van der Waals surface area contributed by atoms with Crippen molar-refractivity contribution in [3.05, 3.63) is 64.9 Å². The number of hydrogen-bond donors (Lipinski definition) is 0. The maximum atomic E-state index is 14.0. The smallest absolute Gasteiger partial charge is 0.311 e. The van der Waals surface area contributed by atoms with E-state index in [0.717, 1.165) is 5.56 Å². The lowest BCUT2D eigenvalue weighted by Crippen LogP contribution is -2.12. The zero-order valence-corrected chi connectivity index (χ0v) is 12.8. The van der Waals surface area contributed by atoms with Gasteiger partial charge in [-0.3, -0.25) is 4.79 Å². The minimum absolute atomic E-state index is 0.00945. The number of esters is 1. The second-order valence-corrected chi connectivity index (χ2v) is 4.89. The number of ether oxygens (including phenoxy) is 1. The van der Waals surface area contributed by atoms with Gasteiger partial charge in [-0.25, -0.2) is 9.38 Å². The summed E-state index contributed by atoms with van der Waals surface area (Å²) in [6, 6.07) is 13.7. The molecule has 0 atom stereocenters. The van der Waals surface area contributed by atoms with Crippen LogP contribution in [-0.4, -0.2) is 18.3 Å². The molecule has 2 rings (SSSR count). The molecule has 0 aliphatic carbocycles. The number of aliphatic imine (C=N–C) groups is 1. The standard InChI is InChI=1S/C17H15ClFNO2/c1-2-22-16(21)11-15(12-7-4-3-5-8-12)20-14-10-6-9-13(18)17(14)19/h3-10H,2,11H2,1H3. The van der Waals surface area contributed by atoms with Crippen LogP contribution >= 0.6 is 11.6 Å². The molecule has 0 saturated carbocycles. The third kappa shape index (κ3) is 4.15. The van der Waals surface area contributed by atoms with Crippen molar-refractivity contribution in [2.24, 2.45) is 4.99 Å². The molecule has 0 bridgehead atoms. The number of hydrogen-bond acceptors (Lipinski definition) is 3. The molecular formula is C17H15ClFNO2. The summed E-state index contributed by atoms with van der Waals surface area (Å²) in [7, 11) is 0. The molecular weight excluding hydrogens is 305 g/mol. The van der Waals surface area contributed by atoms with E-state index in [9.17, 15) is 9.18 Å². The van der Waals surface area contributed by atoms with Crippen LogP contribution in [0.1, 0.15) is 18.9 Å². The Balaban J connectivity index is 2.41. The summed E-state index contributed by atoms with van der Waals surface area (Å²) < 4.78 is 19.0. The molecule has 114 valence electrons. The van der Waals surface area contributed by atoms with Crippen molar-refractivity contribution in [2.45, 2.75) is 13.3 Å². The molecule has 0 spiro atoms. The maximum absolute atomic E-state index is 14.0. The summed E-state index contributed by atoms with van der Waals surface area (Å²) in [6.07, 6.45) is -0.0379. The molecule has 0 aliphatic heterocycles. The van der Waals surface area contributed by atoms with Gasteiger partial charge in [-0.2, -0.15) is 0 Å². The Morgan fingerprint density at radius 3 is 2.59 bits per heavy atom. The van der Waals surface area contributed by atoms with Gasteiger partial charge in [-0.05, 0) is 24.6 Å². The molecule has 0 heterocycles. The van der Waals surface area contributed by atoms with Crippen molar-refractivity contribution < 1.29 is 13.9 Å². The minimum Gasteiger partial charge on any atom is -0.466 e. The number of rotatable bonds is 5. The van der Waals surface area contributed by atoms with Crippen molar-refractivity contribution >= 4 is 29.0 Å². The van der Waals surface area contributed by atoms with Crippen molar-refractivity contribution in [2.75, 3.05) is 6.61 Å². The highest BCUT2D eigenvalue weighted by Gasteiger charge is 2.13. The normalized spacial score (nSPS) is 11.3. The van der Waals surface area contributed by atoms with E-state index in [2.05, 4.69) is 4.99 Å². The van der Waals surface area contributed by atoms with Crippen molar-refractivity contribution in [1.29, 1.82) is 0 Å². The van der Waals surface area contributed by atoms with Crippen LogP contribution in [0.15, 0.2) is 53.5 Å². The fourth-order valence-electron chi connectivity index (χ4n) is 1.91. The predicted molar refractivity (Wildman–Crippen MR) is 85.3 cm³/mol. The van der Waals surface area contributed by atoms with Gasteiger partial charge >= 0.3 is 5.97 Å². The second kappa shape index (κ2) is 7.71. The summed E-state index contributed by atoms with van der Waals surface area (Å²) in [5.41, 5.74) is 1.26. The lowest BCUT2D eigenvalue weighted by Gasteiger charge is -2.08. The van der Waals surface area contributed by atoms with Crippen molar-refractivity contribution in [3.63, 3.8) is 0 Å². The lowest BCUT2D eigenvalue weighted by atomic mass is 10.1. The largest absolute Gasteiger partial charge is 0.466 e. The van der Waals surface area contributed by atoms with Crippen LogP contribution in [0.4, 0.5) is 10.1 Å². The molecule has 2 aromatic carbocycles. The molecule has 0 fully saturated rings. The molecule has 3 nitrogen and oxygen atoms in total. The quantitative estimate of drug-likeness (QED) is 0.599. The van der Waals surface area contributed by atoms with Crippen molar-refractivity contribution in [1.82, 2.24) is 0 Å². The van der Waals surface area contributed by atoms with Gasteiger partial charge < -0.3 is 4.74 Å². The van der Waals surface area contributed by atoms with Gasteiger partial charge in [-0.1, -0.05) is 48.0 Å². The Morgan fingerprint density at radius 2 is 1.91 bits per heavy atom. The molecule has 2 aromatic rings. The van der Waals surface area contributed by atoms with E-state index in [-0.39, 0.29) is 23.7 Å². The summed E-state index contributed by atoms with van der Waals surface area (Å²) >= 11 is 5.76. The zero-order chi connectivity index (χ0) is 15.9. The Kier molecular flexibility index (Phi) is 5.67. The molecule has 0 amide bonds. The molecule has 0 N–H and O–H groups in total. The summed E-state index contributed by atoms with van der Waals surface area (Å²) in [5, 5.41) is -0.00945. The van der Waals surface area contributed by atoms with Crippen LogP contribution in [0.2, 0.25) is 5.02 Å². The summed E-state index contributed by atoms with van der Waals surface area (Å²) in [5.74, 6) is -1.02. The Labute approximate surface area is 133 Å². The van der Waals surface area contributed by atoms with Crippen LogP contribution in [0.5, 0.6) is 0 Å². The molecule has 0 aromatic heterocycles. The first kappa shape index (κ1) is 16.2. The van der Waals surface area contributed by atoms with Gasteiger partial charge in [0.05, 0.1) is 23.8 Å². The monoisotopic (exact) mass is 319 g/mol. The first-order chi connectivity index (χ1) is 10.6. The van der Waals surface area contributed by atoms with Gasteiger partial charge in [0.25, 0.3) is 0 Å². The lowest BCUT2D eigenvalue weighted by molar-refractivity contribution is -0.141. The number of benzene rings is 2. The Morgan fingerprint density at radius 1 is 1.18 bits per heavy atom. The van der Waals surface area contributed by atoms with Crippen LogP contribution in [-0.2, 0) is 9.53 Å². The van der Waals surface area contributed by atoms with Crippen LogP contribution in [0, 0.1) is 5.82 Å². The fourth-order valence-corrected chi connectivity index (χ4v) is 2.08. The average molecular weight is 320 g/mol. The van der Waals surface area contributed by atoms with E-state index in [1.54, 1.807) is 25.1 Å². The molecule has 5 heteroatoms. The highest BCUT2D eigenvalue weighted by atomic mass is 35.5. The number of carbonyl (C=O) groups excluding carboxylic acids is 1. The highest BCUT2D eigenvalue weighted by molar-refractivity contribution is 6.31. The van der Waals surface area contributed by atoms with E-state index in [1.807, 2.05) is 18.2 Å². The molecule has 0 saturated heterocycles. The second-order valence-electron chi connectivity index (χ2n) is 4.48. The Hall–Kier alpha value is -2.20. The molecule has 22 heavy (non-hydrogen) atoms. The molecule has 0 aliphatic rings. The number of nitrogens with zero attached hydrogens (tertiary/aromatic N) is 1. The van der Waals surface area contributed by atoms with Gasteiger partial charge in [0.1, 0.15) is 5.69 Å². The molecule has 0 unspecified atom stereocenters. The fraction of sp³-hybridized carbons (Fsp3) is 0.176. The van der Waals surface area contributed by atoms with Crippen LogP contribution < -0.4 is 0 Å². The summed E-state index contributed by atoms with van der Waals surface area (Å²) in [6.45, 7) is 2.01. The van der Waals surface area contributed by atoms with Crippen molar-refractivity contribution in [3.8, 4) is 0 Å². The zero-order valence-electron chi connectivity index (χ0n) is 12.1. The number of halogens is 2. The third-order valence-corrected chi connectivity index (χ3v) is 3.20. The SMILES string of the molecule is CCOC(=O)CC(=Nc1cccc(Cl)c1F)c1ccccc1. The molecule has 0 radical (unpaired) electrons. The van der Waals surface area contributed by atoms with Crippen LogP contribution in [0.3, 0.4) is 0 Å². The first-order valence-corrected chi connectivity index (χ1v) is 7.22.